The molecule has 0 aliphatic carbocycles. The number of hydrogen-bond acceptors (Lipinski definition) is 0. The van der Waals surface area contributed by atoms with E-state index in [9.17, 15) is 30.7 Å². The van der Waals surface area contributed by atoms with E-state index in [0.717, 1.165) is 12.1 Å². The smallest absolute Gasteiger partial charge is 0.204 e. The zero-order valence-corrected chi connectivity index (χ0v) is 12.3. The molecule has 0 saturated carbocycles. The van der Waals surface area contributed by atoms with Crippen LogP contribution in [-0.4, -0.2) is 0 Å². The van der Waals surface area contributed by atoms with Gasteiger partial charge in [-0.3, -0.25) is 0 Å². The molecule has 0 spiro atoms. The molecule has 0 radical (unpaired) electrons. The summed E-state index contributed by atoms with van der Waals surface area (Å²) in [5.41, 5.74) is -3.89. The molecule has 0 aromatic heterocycles. The summed E-state index contributed by atoms with van der Waals surface area (Å²) in [4.78, 5) is 0. The molecule has 23 heavy (non-hydrogen) atoms. The highest BCUT2D eigenvalue weighted by atomic mass is 35.5. The fourth-order valence-electron chi connectivity index (χ4n) is 1.86. The molecule has 0 aliphatic rings. The quantitative estimate of drug-likeness (QED) is 0.377. The molecule has 0 atom stereocenters. The monoisotopic (exact) mass is 376 g/mol. The molecular weight excluding hydrogens is 372 g/mol. The van der Waals surface area contributed by atoms with E-state index in [1.165, 1.54) is 0 Å². The van der Waals surface area contributed by atoms with Gasteiger partial charge >= 0.3 is 12.4 Å². The highest BCUT2D eigenvalue weighted by molar-refractivity contribution is 6.36. The summed E-state index contributed by atoms with van der Waals surface area (Å²) in [6, 6.07) is 2.94. The molecule has 0 nitrogen and oxygen atoms in total. The van der Waals surface area contributed by atoms with E-state index in [2.05, 4.69) is 0 Å². The van der Waals surface area contributed by atoms with Gasteiger partial charge in [0.15, 0.2) is 5.82 Å². The average Bonchev–Trinajstić information content (AvgIpc) is 2.42. The lowest BCUT2D eigenvalue weighted by molar-refractivity contribution is -0.143. The molecule has 0 fully saturated rings. The van der Waals surface area contributed by atoms with Crippen molar-refractivity contribution in [2.75, 3.05) is 0 Å². The van der Waals surface area contributed by atoms with Crippen molar-refractivity contribution < 1.29 is 30.7 Å². The fraction of sp³-hybridized carbons (Fsp3) is 0.143. The van der Waals surface area contributed by atoms with Crippen LogP contribution in [0.4, 0.5) is 30.7 Å². The lowest BCUT2D eigenvalue weighted by Crippen LogP contribution is -2.11. The molecule has 2 rings (SSSR count). The molecule has 0 amide bonds. The maximum absolute atomic E-state index is 13.6. The van der Waals surface area contributed by atoms with Crippen LogP contribution in [0, 0.1) is 5.82 Å². The van der Waals surface area contributed by atoms with Gasteiger partial charge in [0.25, 0.3) is 0 Å². The molecule has 124 valence electrons. The van der Waals surface area contributed by atoms with Crippen LogP contribution in [0.3, 0.4) is 0 Å². The van der Waals surface area contributed by atoms with Gasteiger partial charge in [0.05, 0.1) is 21.2 Å². The van der Waals surface area contributed by atoms with Gasteiger partial charge in [-0.1, -0.05) is 29.3 Å². The predicted octanol–water partition coefficient (Wildman–Crippen LogP) is 6.84. The summed E-state index contributed by atoms with van der Waals surface area (Å²) >= 11 is 11.1. The Morgan fingerprint density at radius 2 is 1.22 bits per heavy atom. The van der Waals surface area contributed by atoms with Crippen LogP contribution in [0.25, 0.3) is 11.1 Å². The molecule has 0 aliphatic heterocycles. The van der Waals surface area contributed by atoms with E-state index in [4.69, 9.17) is 23.2 Å². The third-order valence-electron chi connectivity index (χ3n) is 2.93. The van der Waals surface area contributed by atoms with E-state index in [1.54, 1.807) is 0 Å². The number of rotatable bonds is 1. The van der Waals surface area contributed by atoms with Gasteiger partial charge in [-0.15, -0.1) is 0 Å². The van der Waals surface area contributed by atoms with Crippen LogP contribution in [0.1, 0.15) is 11.1 Å². The fourth-order valence-corrected chi connectivity index (χ4v) is 2.34. The van der Waals surface area contributed by atoms with Gasteiger partial charge in [-0.05, 0) is 29.8 Å². The Hall–Kier alpha value is -1.47. The van der Waals surface area contributed by atoms with Crippen LogP contribution in [0.2, 0.25) is 10.0 Å². The second kappa shape index (κ2) is 5.87. The summed E-state index contributed by atoms with van der Waals surface area (Å²) in [5.74, 6) is -1.13. The van der Waals surface area contributed by atoms with Gasteiger partial charge in [0.2, 0.25) is 0 Å². The van der Waals surface area contributed by atoms with Crippen molar-refractivity contribution in [3.63, 3.8) is 0 Å². The normalized spacial score (nSPS) is 12.6. The SMILES string of the molecule is Fc1c(Cl)ccc(-c2cc(C(F)(F)F)cc(C(F)(F)F)c2)c1Cl. The standard InChI is InChI=1S/C14H5Cl2F7/c15-10-2-1-9(11(16)12(10)17)6-3-7(13(18,19)20)5-8(4-6)14(21,22)23/h1-5H. The molecule has 0 saturated heterocycles. The zero-order chi connectivity index (χ0) is 17.6. The summed E-state index contributed by atoms with van der Waals surface area (Å²) in [5, 5.41) is -1.06. The minimum atomic E-state index is -5.01. The van der Waals surface area contributed by atoms with Crippen LogP contribution in [-0.2, 0) is 12.4 Å². The third-order valence-corrected chi connectivity index (χ3v) is 3.60. The first-order chi connectivity index (χ1) is 10.4. The first-order valence-corrected chi connectivity index (χ1v) is 6.60. The van der Waals surface area contributed by atoms with Gasteiger partial charge in [0, 0.05) is 5.56 Å². The first-order valence-electron chi connectivity index (χ1n) is 5.84. The highest BCUT2D eigenvalue weighted by Gasteiger charge is 2.37. The van der Waals surface area contributed by atoms with Crippen LogP contribution in [0.15, 0.2) is 30.3 Å². The summed E-state index contributed by atoms with van der Waals surface area (Å²) in [7, 11) is 0. The maximum atomic E-state index is 13.6. The largest absolute Gasteiger partial charge is 0.416 e. The molecule has 2 aromatic carbocycles. The molecular formula is C14H5Cl2F7. The zero-order valence-electron chi connectivity index (χ0n) is 10.8. The number of alkyl halides is 6. The Balaban J connectivity index is 2.75. The first kappa shape index (κ1) is 17.9. The summed E-state index contributed by atoms with van der Waals surface area (Å²) < 4.78 is 90.4. The van der Waals surface area contributed by atoms with E-state index in [-0.39, 0.29) is 11.6 Å². The molecule has 9 heteroatoms. The molecule has 2 aromatic rings. The Morgan fingerprint density at radius 1 is 0.739 bits per heavy atom. The highest BCUT2D eigenvalue weighted by Crippen LogP contribution is 2.41. The second-order valence-corrected chi connectivity index (χ2v) is 5.30. The Labute approximate surface area is 135 Å². The Kier molecular flexibility index (Phi) is 4.56. The lowest BCUT2D eigenvalue weighted by Gasteiger charge is -2.15. The van der Waals surface area contributed by atoms with E-state index >= 15 is 0 Å². The number of hydrogen-bond donors (Lipinski definition) is 0. The minimum absolute atomic E-state index is 0.0241. The van der Waals surface area contributed by atoms with E-state index in [1.807, 2.05) is 0 Å². The third kappa shape index (κ3) is 3.72. The molecule has 0 unspecified atom stereocenters. The van der Waals surface area contributed by atoms with Crippen molar-refractivity contribution in [1.29, 1.82) is 0 Å². The van der Waals surface area contributed by atoms with E-state index < -0.39 is 44.9 Å². The average molecular weight is 377 g/mol. The van der Waals surface area contributed by atoms with Crippen molar-refractivity contribution in [3.8, 4) is 11.1 Å². The predicted molar refractivity (Wildman–Crippen MR) is 71.9 cm³/mol. The Morgan fingerprint density at radius 3 is 1.65 bits per heavy atom. The maximum Gasteiger partial charge on any atom is 0.416 e. The second-order valence-electron chi connectivity index (χ2n) is 4.52. The van der Waals surface area contributed by atoms with Gasteiger partial charge in [-0.2, -0.15) is 26.3 Å². The lowest BCUT2D eigenvalue weighted by atomic mass is 9.99. The van der Waals surface area contributed by atoms with Crippen LogP contribution in [0.5, 0.6) is 0 Å². The minimum Gasteiger partial charge on any atom is -0.204 e. The topological polar surface area (TPSA) is 0 Å². The molecule has 0 heterocycles. The van der Waals surface area contributed by atoms with Gasteiger partial charge < -0.3 is 0 Å². The van der Waals surface area contributed by atoms with Crippen molar-refractivity contribution in [1.82, 2.24) is 0 Å². The summed E-state index contributed by atoms with van der Waals surface area (Å²) in [6.07, 6.45) is -10.0. The summed E-state index contributed by atoms with van der Waals surface area (Å²) in [6.45, 7) is 0. The van der Waals surface area contributed by atoms with Crippen molar-refractivity contribution >= 4 is 23.2 Å². The van der Waals surface area contributed by atoms with Crippen molar-refractivity contribution in [3.05, 3.63) is 57.3 Å². The van der Waals surface area contributed by atoms with Crippen LogP contribution >= 0.6 is 23.2 Å². The van der Waals surface area contributed by atoms with Crippen LogP contribution < -0.4 is 0 Å². The Bertz CT molecular complexity index is 716. The van der Waals surface area contributed by atoms with Gasteiger partial charge in [0.1, 0.15) is 0 Å². The number of halogens is 9. The van der Waals surface area contributed by atoms with E-state index in [0.29, 0.717) is 12.1 Å². The molecule has 0 bridgehead atoms. The number of benzene rings is 2. The van der Waals surface area contributed by atoms with Crippen molar-refractivity contribution in [2.24, 2.45) is 0 Å². The van der Waals surface area contributed by atoms with Gasteiger partial charge in [-0.25, -0.2) is 4.39 Å². The van der Waals surface area contributed by atoms with Crippen molar-refractivity contribution in [2.45, 2.75) is 12.4 Å². The molecule has 0 N–H and O–H groups in total.